The van der Waals surface area contributed by atoms with Crippen LogP contribution >= 0.6 is 0 Å². The number of methoxy groups -OCH3 is 4. The molecule has 13 rings (SSSR count). The van der Waals surface area contributed by atoms with Gasteiger partial charge in [-0.25, -0.2) is 0 Å². The minimum Gasteiger partial charge on any atom is -1.00 e. The fraction of sp³-hybridized carbons (Fsp3) is 0.843. The van der Waals surface area contributed by atoms with Gasteiger partial charge in [0.1, 0.15) is 25.0 Å². The van der Waals surface area contributed by atoms with Crippen molar-refractivity contribution < 1.29 is 135 Å². The van der Waals surface area contributed by atoms with Gasteiger partial charge in [-0.15, -0.1) is 0 Å². The summed E-state index contributed by atoms with van der Waals surface area (Å²) < 4.78 is 92.9. The molecule has 10 fully saturated rings. The van der Waals surface area contributed by atoms with Crippen molar-refractivity contribution in [1.82, 2.24) is 19.6 Å². The molecule has 0 radical (unpaired) electrons. The zero-order valence-corrected chi connectivity index (χ0v) is 95.0. The Kier molecular flexibility index (Phi) is 58.8. The second-order valence-corrected chi connectivity index (χ2v) is 47.2. The molecule has 4 saturated heterocycles. The molecule has 8 aliphatic carbocycles. The number of carbonyl (C=O) groups is 4. The molecule has 4 heterocycles. The monoisotopic (exact) mass is 2040 g/mol. The van der Waals surface area contributed by atoms with Crippen LogP contribution in [0.2, 0.25) is 0 Å². The predicted octanol–water partition coefficient (Wildman–Crippen LogP) is 17.4. The molecule has 0 bridgehead atoms. The van der Waals surface area contributed by atoms with E-state index < -0.39 is 40.4 Å². The molecule has 26 nitrogen and oxygen atoms in total. The van der Waals surface area contributed by atoms with Crippen molar-refractivity contribution in [2.45, 2.75) is 349 Å². The number of aliphatic hydroxyl groups excluding tert-OH is 2. The van der Waals surface area contributed by atoms with E-state index in [1.165, 1.54) is 216 Å². The maximum atomic E-state index is 12.8. The molecule has 0 amide bonds. The number of nitrogens with zero attached hydrogens (tertiary/aromatic N) is 4. The summed E-state index contributed by atoms with van der Waals surface area (Å²) in [5.41, 5.74) is 5.42. The largest absolute Gasteiger partial charge is 1.00 e. The number of carboxylic acids is 1. The maximum Gasteiger partial charge on any atom is 1.00 e. The number of hydrogen-bond donors (Lipinski definition) is 3. The minimum absolute atomic E-state index is 0. The summed E-state index contributed by atoms with van der Waals surface area (Å²) in [5, 5.41) is 26.9. The van der Waals surface area contributed by atoms with Gasteiger partial charge >= 0.3 is 53.4 Å². The van der Waals surface area contributed by atoms with Gasteiger partial charge in [-0.1, -0.05) is 162 Å². The van der Waals surface area contributed by atoms with Gasteiger partial charge in [0.15, 0.2) is 0 Å². The van der Waals surface area contributed by atoms with Gasteiger partial charge in [-0.3, -0.25) is 23.4 Å². The van der Waals surface area contributed by atoms with Gasteiger partial charge in [0.2, 0.25) is 0 Å². The number of aliphatic carboxylic acids is 1. The van der Waals surface area contributed by atoms with E-state index in [2.05, 4.69) is 114 Å². The Morgan fingerprint density at radius 2 is 0.853 bits per heavy atom. The van der Waals surface area contributed by atoms with E-state index in [1.54, 1.807) is 40.6 Å². The topological polar surface area (TPSA) is 296 Å². The van der Waals surface area contributed by atoms with Crippen molar-refractivity contribution in [1.29, 1.82) is 0 Å². The number of esters is 3. The van der Waals surface area contributed by atoms with Crippen molar-refractivity contribution in [3.05, 3.63) is 78.8 Å². The van der Waals surface area contributed by atoms with Crippen molar-refractivity contribution in [3.8, 4) is 0 Å². The van der Waals surface area contributed by atoms with Crippen LogP contribution in [-0.4, -0.2) is 290 Å². The van der Waals surface area contributed by atoms with E-state index in [0.29, 0.717) is 82.9 Å². The Bertz CT molecular complexity index is 3920. The van der Waals surface area contributed by atoms with E-state index in [-0.39, 0.29) is 110 Å². The van der Waals surface area contributed by atoms with Crippen molar-refractivity contribution >= 4 is 34.0 Å². The molecule has 20 atom stereocenters. The Hall–Kier alpha value is -3.95. The first kappa shape index (κ1) is 126. The smallest absolute Gasteiger partial charge is 1.00 e. The Balaban J connectivity index is 0.000000286. The van der Waals surface area contributed by atoms with Crippen LogP contribution in [0.25, 0.3) is 0 Å². The molecule has 12 aliphatic rings. The van der Waals surface area contributed by atoms with Crippen LogP contribution in [-0.2, 0) is 90.3 Å². The summed E-state index contributed by atoms with van der Waals surface area (Å²) >= 11 is 0. The third-order valence-electron chi connectivity index (χ3n) is 34.3. The molecule has 6 saturated carbocycles. The van der Waals surface area contributed by atoms with Crippen molar-refractivity contribution in [3.63, 3.8) is 0 Å². The molecule has 28 heteroatoms. The number of carboxylic acid groups (broad SMARTS) is 1. The van der Waals surface area contributed by atoms with Crippen LogP contribution in [0, 0.1) is 99.6 Å². The molecular formula is C115H199N4NaO22S. The van der Waals surface area contributed by atoms with E-state index in [9.17, 15) is 32.7 Å². The van der Waals surface area contributed by atoms with Gasteiger partial charge in [0, 0.05) is 99.9 Å². The summed E-state index contributed by atoms with van der Waals surface area (Å²) in [7, 11) is 3.09. The predicted molar refractivity (Wildman–Crippen MR) is 562 cm³/mol. The third kappa shape index (κ3) is 41.5. The summed E-state index contributed by atoms with van der Waals surface area (Å²) in [6, 6.07) is 6.53. The molecule has 0 spiro atoms. The van der Waals surface area contributed by atoms with Crippen molar-refractivity contribution in [2.24, 2.45) is 92.7 Å². The van der Waals surface area contributed by atoms with Gasteiger partial charge < -0.3 is 93.2 Å². The van der Waals surface area contributed by atoms with E-state index >= 15 is 0 Å². The first-order valence-electron chi connectivity index (χ1n) is 55.7. The van der Waals surface area contributed by atoms with E-state index in [4.69, 9.17) is 71.2 Å². The van der Waals surface area contributed by atoms with Crippen LogP contribution in [0.4, 0.5) is 0 Å². The van der Waals surface area contributed by atoms with Crippen LogP contribution in [0.5, 0.6) is 0 Å². The van der Waals surface area contributed by atoms with Gasteiger partial charge in [-0.2, -0.15) is 8.42 Å². The molecule has 818 valence electrons. The van der Waals surface area contributed by atoms with Gasteiger partial charge in [0.05, 0.1) is 108 Å². The number of benzene rings is 1. The summed E-state index contributed by atoms with van der Waals surface area (Å²) in [5.74, 6) is 7.15. The van der Waals surface area contributed by atoms with Crippen LogP contribution in [0.3, 0.4) is 0 Å². The van der Waals surface area contributed by atoms with Gasteiger partial charge in [-0.05, 0) is 312 Å². The first-order valence-corrected chi connectivity index (χ1v) is 57.2. The zero-order valence-electron chi connectivity index (χ0n) is 93.1. The van der Waals surface area contributed by atoms with Crippen LogP contribution in [0.1, 0.15) is 307 Å². The fourth-order valence-corrected chi connectivity index (χ4v) is 27.9. The molecule has 3 N–H and O–H groups in total. The summed E-state index contributed by atoms with van der Waals surface area (Å²) in [4.78, 5) is 57.7. The second-order valence-electron chi connectivity index (χ2n) is 45.5. The Morgan fingerprint density at radius 1 is 0.469 bits per heavy atom. The number of rotatable bonds is 54. The Labute approximate surface area is 889 Å². The quantitative estimate of drug-likeness (QED) is 0.00798. The van der Waals surface area contributed by atoms with E-state index in [0.717, 1.165) is 180 Å². The molecule has 1 aromatic carbocycles. The average molecular weight is 2040 g/mol. The number of ether oxygens (including phenoxy) is 12. The number of aryl methyl sites for hydroxylation is 1. The van der Waals surface area contributed by atoms with Crippen LogP contribution < -0.4 is 29.6 Å². The second kappa shape index (κ2) is 66.8. The molecule has 4 unspecified atom stereocenters. The molecule has 0 aromatic heterocycles. The summed E-state index contributed by atoms with van der Waals surface area (Å²) in [6.45, 7) is 52.2. The molecular weight excluding hydrogens is 1840 g/mol. The molecule has 143 heavy (non-hydrogen) atoms. The number of allylic oxidation sites excluding steroid dienone is 2. The number of carbonyl (C=O) groups excluding carboxylic acids is 3. The maximum absolute atomic E-state index is 12.8. The SMILES string of the molecule is C=COCCCOC(COC)CN1CCCC1.C=COCCCOS(=O)(=O)c1ccc(C)cc1.CC(C)CCC[C@@H](C)[C@H]1CC[C@H]2[C@@H]3CC=C4C[C@@H](OC(=O)CC(=O)O)CC[C@]4(C)[C@H]3CC[C@]12C.COCC(CN1CCCC1)OCCCO.COCC(CN1CCCC1)OCCCOC(=O)CC(=O)O[C@H]1CC[C@@]2(C)C(=CC[C@H]3[C@@H]4CC[C@H]([C@H](C)CCCC(C)C)[C@@]4(C)CC[C@@H]32)C1.COCC(O)CN1CCCC1.[H-].[Na+]. The number of aliphatic hydroxyl groups is 2. The van der Waals surface area contributed by atoms with Crippen molar-refractivity contribution in [2.75, 3.05) is 186 Å². The Morgan fingerprint density at radius 3 is 1.24 bits per heavy atom. The molecule has 1 aromatic rings. The first-order chi connectivity index (χ1) is 68.2. The number of fused-ring (bicyclic) bond motifs is 10. The molecule has 4 aliphatic heterocycles. The summed E-state index contributed by atoms with van der Waals surface area (Å²) in [6.07, 6.45) is 46.9. The zero-order chi connectivity index (χ0) is 103. The average Bonchev–Trinajstić information content (AvgIpc) is 1.56. The number of β-amino-alcohol motifs (C(OH)–C–C–N with tert-alkyl or cyclic N) is 1. The third-order valence-corrected chi connectivity index (χ3v) is 35.6. The van der Waals surface area contributed by atoms with Crippen LogP contribution in [0.15, 0.2) is 78.1 Å². The normalized spacial score (nSPS) is 28.4. The standard InChI is InChI=1S/C41H69NO6.C30H48O4.C13H25NO3.C12H16O4S.C11H23NO3.C8H17NO2.Na.H/c1-29(2)11-9-12-30(3)35-15-16-36-34-14-13-31-25-32(17-19-40(31,4)37(34)18-20-41(35,36)5)48-39(44)26-38(43)47-24-10-23-46-33(28-45-6)27-42-21-7-8-22-42;1-19(2)7-6-8-20(3)24-11-12-25-23-10-9-21-17-22(34-28(33)18-27(31)32)13-15-29(21,4)26(23)14-16-30(24,25)5;1-3-16-9-6-10-17-13(12-15-2)11-14-7-4-5-8-14;1-3-15-9-4-10-16-17(13,14)12-7-5-11(2)6-8-12;1-14-10-11(15-8-4-7-13)9-12-5-2-3-6-12;1-11-7-8(10)6-9-4-2-3-5-9;;/h13,29-30,32-37H,7-12,14-28H2,1-6H3;9,19-20,22-26H,6-8,10-18H2,1-5H3,(H,31,32);3,13H,1,4-12H2,2H3;3,5-8H,1,4,9-10H2,2H3;11,13H,2-10H2,1H3;8,10H,2-7H2,1H3;;/q;;;;;;+1;-1/t30-,32+,33?,34+,35-,36+,37+,40+,41-;20-,22+,23+,24-,25+,26+,29+,30-;;;;;;/m11....../s1. The van der Waals surface area contributed by atoms with E-state index in [1.807, 2.05) is 6.92 Å². The number of likely N-dealkylation sites (tertiary alicyclic amines) is 4. The number of hydrogen-bond acceptors (Lipinski definition) is 25. The minimum atomic E-state index is -3.65. The van der Waals surface area contributed by atoms with Gasteiger partial charge in [0.25, 0.3) is 10.1 Å². The fourth-order valence-electron chi connectivity index (χ4n) is 27.0.